The molecule has 3 heteroatoms. The van der Waals surface area contributed by atoms with Crippen molar-refractivity contribution in [1.82, 2.24) is 15.0 Å². The quantitative estimate of drug-likeness (QED) is 0.260. The summed E-state index contributed by atoms with van der Waals surface area (Å²) in [5.74, 6) is 0.713. The van der Waals surface area contributed by atoms with Gasteiger partial charge in [0.15, 0.2) is 5.82 Å². The predicted molar refractivity (Wildman–Crippen MR) is 147 cm³/mol. The van der Waals surface area contributed by atoms with Gasteiger partial charge in [-0.25, -0.2) is 9.97 Å². The van der Waals surface area contributed by atoms with E-state index in [1.807, 2.05) is 54.9 Å². The van der Waals surface area contributed by atoms with Crippen LogP contribution in [0.5, 0.6) is 0 Å². The van der Waals surface area contributed by atoms with E-state index >= 15 is 0 Å². The molecule has 3 nitrogen and oxygen atoms in total. The standard InChI is InChI=1S/C33H23N3/c1-3-9-24(10-4-1)25-16-18-26(19-17-25)32-31(23-35-33(36-32)27-11-5-2-6-12-27)29-14-7-13-28(21-29)30-15-8-20-34-22-30/h1-23H. The van der Waals surface area contributed by atoms with E-state index in [2.05, 4.69) is 83.8 Å². The van der Waals surface area contributed by atoms with Crippen LogP contribution in [0.15, 0.2) is 140 Å². The predicted octanol–water partition coefficient (Wildman–Crippen LogP) is 8.21. The lowest BCUT2D eigenvalue weighted by molar-refractivity contribution is 1.18. The van der Waals surface area contributed by atoms with Crippen molar-refractivity contribution in [3.63, 3.8) is 0 Å². The monoisotopic (exact) mass is 461 g/mol. The van der Waals surface area contributed by atoms with E-state index in [-0.39, 0.29) is 0 Å². The highest BCUT2D eigenvalue weighted by molar-refractivity contribution is 5.84. The van der Waals surface area contributed by atoms with Crippen molar-refractivity contribution in [2.24, 2.45) is 0 Å². The minimum absolute atomic E-state index is 0.713. The van der Waals surface area contributed by atoms with Crippen LogP contribution in [0.1, 0.15) is 0 Å². The number of rotatable bonds is 5. The fourth-order valence-corrected chi connectivity index (χ4v) is 4.39. The summed E-state index contributed by atoms with van der Waals surface area (Å²) in [6.07, 6.45) is 5.62. The Balaban J connectivity index is 1.48. The number of hydrogen-bond acceptors (Lipinski definition) is 3. The second-order valence-corrected chi connectivity index (χ2v) is 8.59. The van der Waals surface area contributed by atoms with Gasteiger partial charge in [-0.3, -0.25) is 4.98 Å². The van der Waals surface area contributed by atoms with Crippen molar-refractivity contribution < 1.29 is 0 Å². The minimum atomic E-state index is 0.713. The van der Waals surface area contributed by atoms with E-state index in [0.29, 0.717) is 5.82 Å². The Labute approximate surface area is 210 Å². The van der Waals surface area contributed by atoms with Gasteiger partial charge in [0.05, 0.1) is 5.69 Å². The Morgan fingerprint density at radius 3 is 1.75 bits per heavy atom. The molecule has 4 aromatic carbocycles. The van der Waals surface area contributed by atoms with E-state index < -0.39 is 0 Å². The molecule has 0 radical (unpaired) electrons. The summed E-state index contributed by atoms with van der Waals surface area (Å²) < 4.78 is 0. The van der Waals surface area contributed by atoms with Crippen LogP contribution in [0.3, 0.4) is 0 Å². The number of hydrogen-bond donors (Lipinski definition) is 0. The zero-order chi connectivity index (χ0) is 24.2. The highest BCUT2D eigenvalue weighted by atomic mass is 14.9. The first kappa shape index (κ1) is 21.6. The Kier molecular flexibility index (Phi) is 5.87. The van der Waals surface area contributed by atoms with Crippen molar-refractivity contribution in [3.8, 4) is 56.0 Å². The summed E-state index contributed by atoms with van der Waals surface area (Å²) in [5, 5.41) is 0. The van der Waals surface area contributed by atoms with Gasteiger partial charge >= 0.3 is 0 Å². The zero-order valence-electron chi connectivity index (χ0n) is 19.6. The van der Waals surface area contributed by atoms with Gasteiger partial charge in [0, 0.05) is 40.8 Å². The fourth-order valence-electron chi connectivity index (χ4n) is 4.39. The first-order valence-corrected chi connectivity index (χ1v) is 11.9. The lowest BCUT2D eigenvalue weighted by atomic mass is 9.96. The Hall–Kier alpha value is -4.89. The minimum Gasteiger partial charge on any atom is -0.264 e. The summed E-state index contributed by atoms with van der Waals surface area (Å²) in [6, 6.07) is 41.6. The highest BCUT2D eigenvalue weighted by Gasteiger charge is 2.14. The largest absolute Gasteiger partial charge is 0.264 e. The van der Waals surface area contributed by atoms with Crippen molar-refractivity contribution in [2.45, 2.75) is 0 Å². The fraction of sp³-hybridized carbons (Fsp3) is 0. The summed E-state index contributed by atoms with van der Waals surface area (Å²) in [7, 11) is 0. The molecule has 0 fully saturated rings. The summed E-state index contributed by atoms with van der Waals surface area (Å²) in [5.41, 5.74) is 9.58. The van der Waals surface area contributed by atoms with Gasteiger partial charge in [-0.15, -0.1) is 0 Å². The average molecular weight is 462 g/mol. The lowest BCUT2D eigenvalue weighted by Crippen LogP contribution is -1.96. The maximum Gasteiger partial charge on any atom is 0.159 e. The molecule has 0 aliphatic carbocycles. The summed E-state index contributed by atoms with van der Waals surface area (Å²) >= 11 is 0. The molecule has 0 amide bonds. The van der Waals surface area contributed by atoms with E-state index in [0.717, 1.165) is 39.1 Å². The molecule has 0 bridgehead atoms. The van der Waals surface area contributed by atoms with E-state index in [4.69, 9.17) is 9.97 Å². The van der Waals surface area contributed by atoms with E-state index in [1.54, 1.807) is 6.20 Å². The van der Waals surface area contributed by atoms with Crippen molar-refractivity contribution in [1.29, 1.82) is 0 Å². The van der Waals surface area contributed by atoms with Gasteiger partial charge in [-0.05, 0) is 34.4 Å². The van der Waals surface area contributed by atoms with Crippen LogP contribution in [-0.2, 0) is 0 Å². The Bertz CT molecular complexity index is 1590. The van der Waals surface area contributed by atoms with Crippen LogP contribution in [0.25, 0.3) is 56.0 Å². The normalized spacial score (nSPS) is 10.8. The molecule has 0 aliphatic rings. The topological polar surface area (TPSA) is 38.7 Å². The summed E-state index contributed by atoms with van der Waals surface area (Å²) in [4.78, 5) is 14.1. The van der Waals surface area contributed by atoms with Crippen LogP contribution < -0.4 is 0 Å². The van der Waals surface area contributed by atoms with Crippen LogP contribution in [0.4, 0.5) is 0 Å². The molecule has 2 aromatic heterocycles. The van der Waals surface area contributed by atoms with Gasteiger partial charge in [0.25, 0.3) is 0 Å². The van der Waals surface area contributed by atoms with Gasteiger partial charge < -0.3 is 0 Å². The van der Waals surface area contributed by atoms with E-state index in [9.17, 15) is 0 Å². The molecule has 6 aromatic rings. The molecular weight excluding hydrogens is 438 g/mol. The third-order valence-corrected chi connectivity index (χ3v) is 6.25. The maximum atomic E-state index is 5.07. The average Bonchev–Trinajstić information content (AvgIpc) is 2.98. The van der Waals surface area contributed by atoms with Crippen molar-refractivity contribution >= 4 is 0 Å². The molecule has 0 aliphatic heterocycles. The van der Waals surface area contributed by atoms with Crippen LogP contribution in [0.2, 0.25) is 0 Å². The summed E-state index contributed by atoms with van der Waals surface area (Å²) in [6.45, 7) is 0. The second-order valence-electron chi connectivity index (χ2n) is 8.59. The SMILES string of the molecule is c1ccc(-c2ccc(-c3nc(-c4ccccc4)ncc3-c3cccc(-c4cccnc4)c3)cc2)cc1. The lowest BCUT2D eigenvalue weighted by Gasteiger charge is -2.13. The molecule has 170 valence electrons. The zero-order valence-corrected chi connectivity index (χ0v) is 19.6. The molecule has 36 heavy (non-hydrogen) atoms. The number of benzene rings is 4. The third kappa shape index (κ3) is 4.42. The molecule has 0 saturated heterocycles. The van der Waals surface area contributed by atoms with Gasteiger partial charge in [-0.2, -0.15) is 0 Å². The highest BCUT2D eigenvalue weighted by Crippen LogP contribution is 2.34. The molecule has 0 N–H and O–H groups in total. The molecule has 0 unspecified atom stereocenters. The van der Waals surface area contributed by atoms with Crippen LogP contribution >= 0.6 is 0 Å². The van der Waals surface area contributed by atoms with Crippen molar-refractivity contribution in [2.75, 3.05) is 0 Å². The number of pyridine rings is 1. The van der Waals surface area contributed by atoms with Gasteiger partial charge in [0.2, 0.25) is 0 Å². The van der Waals surface area contributed by atoms with E-state index in [1.165, 1.54) is 11.1 Å². The number of nitrogens with zero attached hydrogens (tertiary/aromatic N) is 3. The molecule has 6 rings (SSSR count). The third-order valence-electron chi connectivity index (χ3n) is 6.25. The first-order valence-electron chi connectivity index (χ1n) is 11.9. The van der Waals surface area contributed by atoms with Crippen LogP contribution in [0, 0.1) is 0 Å². The molecule has 2 heterocycles. The first-order chi connectivity index (χ1) is 17.8. The Morgan fingerprint density at radius 1 is 0.417 bits per heavy atom. The van der Waals surface area contributed by atoms with Gasteiger partial charge in [-0.1, -0.05) is 109 Å². The van der Waals surface area contributed by atoms with Crippen molar-refractivity contribution in [3.05, 3.63) is 140 Å². The second kappa shape index (κ2) is 9.77. The number of aromatic nitrogens is 3. The van der Waals surface area contributed by atoms with Crippen LogP contribution in [-0.4, -0.2) is 15.0 Å². The maximum absolute atomic E-state index is 5.07. The molecule has 0 atom stereocenters. The molecule has 0 saturated carbocycles. The molecular formula is C33H23N3. The smallest absolute Gasteiger partial charge is 0.159 e. The Morgan fingerprint density at radius 2 is 1.03 bits per heavy atom. The van der Waals surface area contributed by atoms with Gasteiger partial charge in [0.1, 0.15) is 0 Å². The molecule has 0 spiro atoms.